The van der Waals surface area contributed by atoms with Gasteiger partial charge >= 0.3 is 5.97 Å². The van der Waals surface area contributed by atoms with Gasteiger partial charge in [0.25, 0.3) is 0 Å². The van der Waals surface area contributed by atoms with Crippen LogP contribution in [0, 0.1) is 0 Å². The molecule has 0 saturated heterocycles. The van der Waals surface area contributed by atoms with Gasteiger partial charge in [0, 0.05) is 6.20 Å². The molecule has 1 heterocycles. The molecule has 1 aromatic carbocycles. The Morgan fingerprint density at radius 1 is 1.18 bits per heavy atom. The molecule has 0 saturated carbocycles. The van der Waals surface area contributed by atoms with Crippen molar-refractivity contribution in [1.29, 1.82) is 0 Å². The first-order valence-electron chi connectivity index (χ1n) is 5.29. The molecule has 0 bridgehead atoms. The lowest BCUT2D eigenvalue weighted by molar-refractivity contribution is 0.0595. The van der Waals surface area contributed by atoms with E-state index in [0.717, 1.165) is 11.1 Å². The van der Waals surface area contributed by atoms with Crippen LogP contribution in [-0.4, -0.2) is 18.1 Å². The Bertz CT molecular complexity index is 526. The predicted molar refractivity (Wildman–Crippen MR) is 67.5 cm³/mol. The Kier molecular flexibility index (Phi) is 3.40. The maximum atomic E-state index is 11.2. The smallest absolute Gasteiger partial charge is 0.354 e. The fourth-order valence-electron chi connectivity index (χ4n) is 1.49. The van der Waals surface area contributed by atoms with Crippen LogP contribution < -0.4 is 0 Å². The van der Waals surface area contributed by atoms with Gasteiger partial charge < -0.3 is 9.72 Å². The van der Waals surface area contributed by atoms with Gasteiger partial charge in [-0.25, -0.2) is 4.79 Å². The van der Waals surface area contributed by atoms with Crippen molar-refractivity contribution >= 4 is 18.1 Å². The van der Waals surface area contributed by atoms with E-state index in [1.165, 1.54) is 7.11 Å². The molecule has 1 N–H and O–H groups in total. The number of aromatic nitrogens is 1. The Hall–Kier alpha value is -2.29. The minimum Gasteiger partial charge on any atom is -0.464 e. The molecule has 0 amide bonds. The standard InChI is InChI=1S/C14H13NO2/c1-17-14(16)13-9-12(10-15-13)8-7-11-5-3-2-4-6-11/h2-10,15H,1H3/b8-7+. The highest BCUT2D eigenvalue weighted by Gasteiger charge is 2.06. The minimum atomic E-state index is -0.357. The molecule has 2 aromatic rings. The van der Waals surface area contributed by atoms with Crippen LogP contribution in [0.4, 0.5) is 0 Å². The Balaban J connectivity index is 2.12. The van der Waals surface area contributed by atoms with Gasteiger partial charge in [-0.05, 0) is 17.2 Å². The summed E-state index contributed by atoms with van der Waals surface area (Å²) in [5.74, 6) is -0.357. The van der Waals surface area contributed by atoms with Crippen molar-refractivity contribution in [2.45, 2.75) is 0 Å². The van der Waals surface area contributed by atoms with Crippen LogP contribution in [0.1, 0.15) is 21.6 Å². The summed E-state index contributed by atoms with van der Waals surface area (Å²) in [7, 11) is 1.36. The molecule has 3 heteroatoms. The average molecular weight is 227 g/mol. The molecule has 0 fully saturated rings. The molecular formula is C14H13NO2. The van der Waals surface area contributed by atoms with Crippen molar-refractivity contribution in [2.75, 3.05) is 7.11 Å². The molecule has 2 rings (SSSR count). The predicted octanol–water partition coefficient (Wildman–Crippen LogP) is 2.97. The lowest BCUT2D eigenvalue weighted by Crippen LogP contribution is -2.00. The summed E-state index contributed by atoms with van der Waals surface area (Å²) >= 11 is 0. The molecule has 0 aliphatic rings. The van der Waals surface area contributed by atoms with E-state index in [-0.39, 0.29) is 5.97 Å². The number of methoxy groups -OCH3 is 1. The topological polar surface area (TPSA) is 42.1 Å². The molecule has 0 aliphatic heterocycles. The molecule has 86 valence electrons. The van der Waals surface area contributed by atoms with Crippen molar-refractivity contribution in [1.82, 2.24) is 4.98 Å². The van der Waals surface area contributed by atoms with E-state index in [1.54, 1.807) is 12.3 Å². The maximum absolute atomic E-state index is 11.2. The fraction of sp³-hybridized carbons (Fsp3) is 0.0714. The fourth-order valence-corrected chi connectivity index (χ4v) is 1.49. The molecule has 3 nitrogen and oxygen atoms in total. The number of nitrogens with one attached hydrogen (secondary N) is 1. The third-order valence-corrected chi connectivity index (χ3v) is 2.38. The van der Waals surface area contributed by atoms with Crippen molar-refractivity contribution in [3.63, 3.8) is 0 Å². The Morgan fingerprint density at radius 2 is 1.88 bits per heavy atom. The minimum absolute atomic E-state index is 0.357. The molecule has 0 aliphatic carbocycles. The first-order valence-corrected chi connectivity index (χ1v) is 5.29. The third kappa shape index (κ3) is 2.84. The number of benzene rings is 1. The molecule has 0 radical (unpaired) electrons. The third-order valence-electron chi connectivity index (χ3n) is 2.38. The number of carbonyl (C=O) groups is 1. The monoisotopic (exact) mass is 227 g/mol. The van der Waals surface area contributed by atoms with Gasteiger partial charge in [-0.15, -0.1) is 0 Å². The van der Waals surface area contributed by atoms with Crippen molar-refractivity contribution in [3.05, 3.63) is 59.4 Å². The summed E-state index contributed by atoms with van der Waals surface area (Å²) in [6.45, 7) is 0. The zero-order chi connectivity index (χ0) is 12.1. The van der Waals surface area contributed by atoms with Gasteiger partial charge in [0.2, 0.25) is 0 Å². The summed E-state index contributed by atoms with van der Waals surface area (Å²) in [5.41, 5.74) is 2.52. The van der Waals surface area contributed by atoms with Crippen molar-refractivity contribution in [2.24, 2.45) is 0 Å². The van der Waals surface area contributed by atoms with Crippen LogP contribution >= 0.6 is 0 Å². The number of H-pyrrole nitrogens is 1. The van der Waals surface area contributed by atoms with E-state index in [0.29, 0.717) is 5.69 Å². The zero-order valence-corrected chi connectivity index (χ0v) is 9.51. The number of hydrogen-bond acceptors (Lipinski definition) is 2. The number of esters is 1. The summed E-state index contributed by atoms with van der Waals surface area (Å²) in [4.78, 5) is 14.1. The summed E-state index contributed by atoms with van der Waals surface area (Å²) < 4.78 is 4.62. The van der Waals surface area contributed by atoms with Gasteiger partial charge in [0.1, 0.15) is 5.69 Å². The quantitative estimate of drug-likeness (QED) is 0.819. The van der Waals surface area contributed by atoms with Gasteiger partial charge in [0.05, 0.1) is 7.11 Å². The first-order chi connectivity index (χ1) is 8.29. The first kappa shape index (κ1) is 11.2. The molecule has 17 heavy (non-hydrogen) atoms. The number of carbonyl (C=O) groups excluding carboxylic acids is 1. The van der Waals surface area contributed by atoms with Gasteiger partial charge in [-0.3, -0.25) is 0 Å². The van der Waals surface area contributed by atoms with Crippen LogP contribution in [0.2, 0.25) is 0 Å². The van der Waals surface area contributed by atoms with Crippen LogP contribution in [0.3, 0.4) is 0 Å². The van der Waals surface area contributed by atoms with E-state index in [1.807, 2.05) is 42.5 Å². The highest BCUT2D eigenvalue weighted by atomic mass is 16.5. The van der Waals surface area contributed by atoms with E-state index in [4.69, 9.17) is 0 Å². The SMILES string of the molecule is COC(=O)c1cc(/C=C/c2ccccc2)c[nH]1. The number of aromatic amines is 1. The van der Waals surface area contributed by atoms with E-state index < -0.39 is 0 Å². The molecule has 1 aromatic heterocycles. The number of hydrogen-bond donors (Lipinski definition) is 1. The van der Waals surface area contributed by atoms with Gasteiger partial charge in [-0.2, -0.15) is 0 Å². The lowest BCUT2D eigenvalue weighted by Gasteiger charge is -1.92. The maximum Gasteiger partial charge on any atom is 0.354 e. The van der Waals surface area contributed by atoms with E-state index >= 15 is 0 Å². The molecule has 0 unspecified atom stereocenters. The van der Waals surface area contributed by atoms with Crippen molar-refractivity contribution < 1.29 is 9.53 Å². The zero-order valence-electron chi connectivity index (χ0n) is 9.51. The lowest BCUT2D eigenvalue weighted by atomic mass is 10.2. The normalized spacial score (nSPS) is 10.6. The Morgan fingerprint density at radius 3 is 2.59 bits per heavy atom. The van der Waals surface area contributed by atoms with Gasteiger partial charge in [-0.1, -0.05) is 42.5 Å². The van der Waals surface area contributed by atoms with Crippen molar-refractivity contribution in [3.8, 4) is 0 Å². The summed E-state index contributed by atoms with van der Waals surface area (Å²) in [6.07, 6.45) is 5.70. The second-order valence-corrected chi connectivity index (χ2v) is 3.58. The van der Waals surface area contributed by atoms with Crippen LogP contribution in [-0.2, 0) is 4.74 Å². The second-order valence-electron chi connectivity index (χ2n) is 3.58. The van der Waals surface area contributed by atoms with E-state index in [2.05, 4.69) is 9.72 Å². The molecule has 0 spiro atoms. The summed E-state index contributed by atoms with van der Waals surface area (Å²) in [5, 5.41) is 0. The van der Waals surface area contributed by atoms with Crippen LogP contribution in [0.5, 0.6) is 0 Å². The number of ether oxygens (including phenoxy) is 1. The van der Waals surface area contributed by atoms with Crippen LogP contribution in [0.15, 0.2) is 42.6 Å². The van der Waals surface area contributed by atoms with Gasteiger partial charge in [0.15, 0.2) is 0 Å². The average Bonchev–Trinajstić information content (AvgIpc) is 2.85. The Labute approximate surface area is 99.7 Å². The largest absolute Gasteiger partial charge is 0.464 e. The van der Waals surface area contributed by atoms with E-state index in [9.17, 15) is 4.79 Å². The number of rotatable bonds is 3. The highest BCUT2D eigenvalue weighted by molar-refractivity contribution is 5.88. The summed E-state index contributed by atoms with van der Waals surface area (Å²) in [6, 6.07) is 11.7. The van der Waals surface area contributed by atoms with Crippen LogP contribution in [0.25, 0.3) is 12.2 Å². The second kappa shape index (κ2) is 5.16. The molecule has 0 atom stereocenters. The molecular weight excluding hydrogens is 214 g/mol. The highest BCUT2D eigenvalue weighted by Crippen LogP contribution is 2.10.